The topological polar surface area (TPSA) is 58.6 Å². The van der Waals surface area contributed by atoms with Crippen LogP contribution in [0.1, 0.15) is 160 Å². The van der Waals surface area contributed by atoms with Crippen molar-refractivity contribution < 1.29 is 13.7 Å². The average Bonchev–Trinajstić information content (AvgIpc) is 3.71. The summed E-state index contributed by atoms with van der Waals surface area (Å²) in [7, 11) is -0.594. The van der Waals surface area contributed by atoms with Gasteiger partial charge in [0.05, 0.1) is 6.61 Å². The third-order valence-corrected chi connectivity index (χ3v) is 21.1. The van der Waals surface area contributed by atoms with E-state index >= 15 is 0 Å². The molecule has 5 nitrogen and oxygen atoms in total. The van der Waals surface area contributed by atoms with Crippen LogP contribution in [0.15, 0.2) is 36.0 Å². The van der Waals surface area contributed by atoms with E-state index in [9.17, 15) is 9.00 Å². The zero-order valence-corrected chi connectivity index (χ0v) is 37.9. The highest BCUT2D eigenvalue weighted by atomic mass is 32.2. The van der Waals surface area contributed by atoms with Gasteiger partial charge in [-0.25, -0.2) is 0 Å². The van der Waals surface area contributed by atoms with Gasteiger partial charge in [-0.2, -0.15) is 0 Å². The molecular formula is C48H82N2O3S. The fourth-order valence-corrected chi connectivity index (χ4v) is 16.3. The van der Waals surface area contributed by atoms with Crippen molar-refractivity contribution in [1.29, 1.82) is 0 Å². The van der Waals surface area contributed by atoms with Gasteiger partial charge in [-0.1, -0.05) is 93.9 Å². The molecule has 0 bridgehead atoms. The van der Waals surface area contributed by atoms with E-state index in [1.807, 2.05) is 6.92 Å². The van der Waals surface area contributed by atoms with Crippen molar-refractivity contribution in [2.45, 2.75) is 166 Å². The molecule has 1 saturated heterocycles. The molecule has 1 aliphatic heterocycles. The fraction of sp³-hybridized carbons (Fsp3) is 0.854. The normalized spacial score (nSPS) is 45.4. The summed E-state index contributed by atoms with van der Waals surface area (Å²) < 4.78 is 16.1. The highest BCUT2D eigenvalue weighted by molar-refractivity contribution is 7.85. The Labute approximate surface area is 335 Å². The van der Waals surface area contributed by atoms with Gasteiger partial charge in [0.15, 0.2) is 0 Å². The number of nitrogens with one attached hydrogen (secondary N) is 1. The molecule has 1 heterocycles. The highest BCUT2D eigenvalue weighted by Gasteiger charge is 2.80. The number of ether oxygens (including phenoxy) is 1. The predicted octanol–water partition coefficient (Wildman–Crippen LogP) is 11.1. The van der Waals surface area contributed by atoms with Crippen molar-refractivity contribution in [1.82, 2.24) is 10.2 Å². The van der Waals surface area contributed by atoms with Crippen molar-refractivity contribution in [2.75, 3.05) is 44.3 Å². The molecule has 0 aromatic heterocycles. The molecule has 308 valence electrons. The van der Waals surface area contributed by atoms with Gasteiger partial charge in [0, 0.05) is 54.0 Å². The van der Waals surface area contributed by atoms with Gasteiger partial charge in [-0.05, 0) is 145 Å². The van der Waals surface area contributed by atoms with Crippen molar-refractivity contribution in [3.63, 3.8) is 0 Å². The van der Waals surface area contributed by atoms with Gasteiger partial charge in [-0.3, -0.25) is 9.00 Å². The first-order valence-electron chi connectivity index (χ1n) is 22.1. The summed E-state index contributed by atoms with van der Waals surface area (Å²) in [6, 6.07) is 0. The maximum Gasteiger partial charge on any atom is 0.293 e. The average molecular weight is 767 g/mol. The Kier molecular flexibility index (Phi) is 12.6. The molecule has 54 heavy (non-hydrogen) atoms. The second-order valence-corrected chi connectivity index (χ2v) is 22.8. The Morgan fingerprint density at radius 1 is 0.815 bits per heavy atom. The summed E-state index contributed by atoms with van der Waals surface area (Å²) in [4.78, 5) is 11.7. The van der Waals surface area contributed by atoms with E-state index in [1.165, 1.54) is 77.0 Å². The highest BCUT2D eigenvalue weighted by Crippen LogP contribution is 2.87. The summed E-state index contributed by atoms with van der Waals surface area (Å²) in [5.74, 6) is 2.53. The molecule has 1 N–H and O–H groups in total. The number of carbonyl (C=O) groups excluding carboxylic acids is 1. The minimum Gasteiger partial charge on any atom is -0.468 e. The number of fused-ring (bicyclic) bond motifs is 7. The third kappa shape index (κ3) is 6.08. The SMILES string of the molecule is C=CC.CC1CC=C(C2=CCC3(C)[C@@]4(C)CCC5(C)[C@@](C)(CCC6(NCCN7CCS(=O)CC7)CCC[C@@]65C)C4(C)CC[C@@]3(C)C2(C)C)C1.CCOC=O. The van der Waals surface area contributed by atoms with E-state index in [-0.39, 0.29) is 21.8 Å². The second kappa shape index (κ2) is 15.5. The van der Waals surface area contributed by atoms with E-state index < -0.39 is 10.8 Å². The number of rotatable bonds is 7. The Morgan fingerprint density at radius 2 is 1.35 bits per heavy atom. The van der Waals surface area contributed by atoms with Crippen molar-refractivity contribution in [2.24, 2.45) is 49.2 Å². The minimum atomic E-state index is -0.594. The van der Waals surface area contributed by atoms with Crippen LogP contribution in [-0.4, -0.2) is 65.4 Å². The molecule has 0 amide bonds. The summed E-state index contributed by atoms with van der Waals surface area (Å²) >= 11 is 0. The van der Waals surface area contributed by atoms with Crippen LogP contribution in [0.3, 0.4) is 0 Å². The zero-order chi connectivity index (χ0) is 40.1. The van der Waals surface area contributed by atoms with Crippen LogP contribution >= 0.6 is 0 Å². The Morgan fingerprint density at radius 3 is 1.87 bits per heavy atom. The number of nitrogens with zero attached hydrogens (tertiary/aromatic N) is 1. The molecule has 7 aliphatic rings. The Hall–Kier alpha value is -1.24. The molecular weight excluding hydrogens is 685 g/mol. The van der Waals surface area contributed by atoms with E-state index in [0.717, 1.165) is 43.6 Å². The van der Waals surface area contributed by atoms with E-state index in [4.69, 9.17) is 0 Å². The van der Waals surface area contributed by atoms with Gasteiger partial charge in [0.2, 0.25) is 0 Å². The van der Waals surface area contributed by atoms with Crippen molar-refractivity contribution in [3.8, 4) is 0 Å². The Bertz CT molecular complexity index is 1480. The fourth-order valence-electron chi connectivity index (χ4n) is 15.2. The largest absolute Gasteiger partial charge is 0.468 e. The monoisotopic (exact) mass is 767 g/mol. The van der Waals surface area contributed by atoms with Crippen LogP contribution < -0.4 is 5.32 Å². The number of hydrogen-bond acceptors (Lipinski definition) is 5. The lowest BCUT2D eigenvalue weighted by Gasteiger charge is -2.82. The van der Waals surface area contributed by atoms with Crippen LogP contribution in [0, 0.1) is 49.2 Å². The van der Waals surface area contributed by atoms with Gasteiger partial charge in [0.1, 0.15) is 0 Å². The quantitative estimate of drug-likeness (QED) is 0.207. The lowest BCUT2D eigenvalue weighted by Crippen LogP contribution is -2.77. The summed E-state index contributed by atoms with van der Waals surface area (Å²) in [5.41, 5.74) is 5.95. The van der Waals surface area contributed by atoms with Gasteiger partial charge >= 0.3 is 0 Å². The van der Waals surface area contributed by atoms with Gasteiger partial charge in [0.25, 0.3) is 6.47 Å². The molecule has 6 heteroatoms. The molecule has 0 aromatic carbocycles. The molecule has 9 atom stereocenters. The minimum absolute atomic E-state index is 0.189. The molecule has 0 radical (unpaired) electrons. The number of carbonyl (C=O) groups is 1. The van der Waals surface area contributed by atoms with E-state index in [0.29, 0.717) is 40.2 Å². The summed E-state index contributed by atoms with van der Waals surface area (Å²) in [6.07, 6.45) is 23.2. The van der Waals surface area contributed by atoms with Crippen molar-refractivity contribution in [3.05, 3.63) is 36.0 Å². The first kappa shape index (κ1) is 43.9. The molecule has 4 saturated carbocycles. The molecule has 5 fully saturated rings. The second-order valence-electron chi connectivity index (χ2n) is 21.1. The number of hydrogen-bond donors (Lipinski definition) is 1. The molecule has 6 aliphatic carbocycles. The standard InChI is InChI=1S/C42H70N2OS.C3H6O2.C3H6/c1-31-12-13-32(30-31)33-14-17-36(5)35(4,34(33,2)3)18-19-38(7)37(36,6)20-21-40(9)39(38,8)22-23-42(16-11-15-41(40,42)10)43-24-25-44-26-28-46(45)29-27-44;1-2-5-3-4;1-3-2/h13-14,31,43H,11-12,15-30H2,1-10H3;3H,2H2,1H3;3H,1H2,2H3/t31?,35-,36?,37+,38?,39-,40?,41+,42?;;/m0../s1. The lowest BCUT2D eigenvalue weighted by molar-refractivity contribution is -0.328. The van der Waals surface area contributed by atoms with Crippen LogP contribution in [0.25, 0.3) is 0 Å². The lowest BCUT2D eigenvalue weighted by atomic mass is 9.22. The number of allylic oxidation sites excluding steroid dienone is 5. The predicted molar refractivity (Wildman–Crippen MR) is 230 cm³/mol. The molecule has 7 rings (SSSR count). The first-order chi connectivity index (χ1) is 25.2. The maximum atomic E-state index is 12.0. The van der Waals surface area contributed by atoms with Gasteiger partial charge in [-0.15, -0.1) is 6.58 Å². The van der Waals surface area contributed by atoms with Crippen LogP contribution in [0.5, 0.6) is 0 Å². The summed E-state index contributed by atoms with van der Waals surface area (Å²) in [5, 5.41) is 4.34. The zero-order valence-electron chi connectivity index (χ0n) is 37.1. The molecule has 5 unspecified atom stereocenters. The summed E-state index contributed by atoms with van der Waals surface area (Å²) in [6.45, 7) is 39.4. The van der Waals surface area contributed by atoms with Crippen LogP contribution in [0.2, 0.25) is 0 Å². The van der Waals surface area contributed by atoms with E-state index in [2.05, 4.69) is 103 Å². The maximum absolute atomic E-state index is 12.0. The van der Waals surface area contributed by atoms with Crippen molar-refractivity contribution >= 4 is 17.3 Å². The smallest absolute Gasteiger partial charge is 0.293 e. The van der Waals surface area contributed by atoms with E-state index in [1.54, 1.807) is 24.1 Å². The van der Waals surface area contributed by atoms with Gasteiger partial charge < -0.3 is 15.0 Å². The van der Waals surface area contributed by atoms with Crippen LogP contribution in [0.4, 0.5) is 0 Å². The third-order valence-electron chi connectivity index (χ3n) is 19.8. The van der Waals surface area contributed by atoms with Crippen LogP contribution in [-0.2, 0) is 20.3 Å². The first-order valence-corrected chi connectivity index (χ1v) is 23.6. The Balaban J connectivity index is 0.000000640. The molecule has 0 spiro atoms. The molecule has 0 aromatic rings.